The second-order valence-electron chi connectivity index (χ2n) is 4.63. The first kappa shape index (κ1) is 17.5. The maximum atomic E-state index is 11.8. The smallest absolute Gasteiger partial charge is 0.319 e. The van der Waals surface area contributed by atoms with Crippen molar-refractivity contribution in [1.82, 2.24) is 10.6 Å². The van der Waals surface area contributed by atoms with E-state index in [1.165, 1.54) is 0 Å². The molecule has 0 atom stereocenters. The second kappa shape index (κ2) is 8.69. The Balaban J connectivity index is 1.73. The van der Waals surface area contributed by atoms with Gasteiger partial charge in [-0.15, -0.1) is 0 Å². The lowest BCUT2D eigenvalue weighted by molar-refractivity contribution is 0.0954. The first-order valence-corrected chi connectivity index (χ1v) is 8.48. The number of amides is 3. The van der Waals surface area contributed by atoms with Crippen LogP contribution in [0, 0.1) is 0 Å². The molecule has 7 heteroatoms. The lowest BCUT2D eigenvalue weighted by Gasteiger charge is -2.10. The highest BCUT2D eigenvalue weighted by atomic mass is 79.9. The van der Waals surface area contributed by atoms with E-state index in [2.05, 4.69) is 47.8 Å². The number of rotatable bonds is 5. The monoisotopic (exact) mass is 439 g/mol. The predicted molar refractivity (Wildman–Crippen MR) is 97.6 cm³/mol. The third-order valence-electron chi connectivity index (χ3n) is 2.91. The topological polar surface area (TPSA) is 70.2 Å². The fourth-order valence-electron chi connectivity index (χ4n) is 1.80. The molecule has 0 heterocycles. The molecule has 2 aromatic rings. The summed E-state index contributed by atoms with van der Waals surface area (Å²) in [6, 6.07) is 14.1. The average Bonchev–Trinajstić information content (AvgIpc) is 2.55. The molecule has 0 saturated carbocycles. The van der Waals surface area contributed by atoms with Gasteiger partial charge in [-0.2, -0.15) is 0 Å². The maximum absolute atomic E-state index is 11.8. The molecule has 2 rings (SSSR count). The molecule has 0 unspecified atom stereocenters. The average molecular weight is 441 g/mol. The SMILES string of the molecule is O=C(NCCNC(=O)c1ccccc1)Nc1cc(Br)ccc1Br. The summed E-state index contributed by atoms with van der Waals surface area (Å²) in [5.41, 5.74) is 1.25. The Bertz CT molecular complexity index is 693. The van der Waals surface area contributed by atoms with Crippen LogP contribution in [0.25, 0.3) is 0 Å². The maximum Gasteiger partial charge on any atom is 0.319 e. The molecule has 2 aromatic carbocycles. The zero-order valence-electron chi connectivity index (χ0n) is 12.1. The first-order chi connectivity index (χ1) is 11.1. The zero-order chi connectivity index (χ0) is 16.7. The molecule has 5 nitrogen and oxygen atoms in total. The van der Waals surface area contributed by atoms with Gasteiger partial charge in [-0.05, 0) is 46.3 Å². The van der Waals surface area contributed by atoms with Crippen LogP contribution >= 0.6 is 31.9 Å². The van der Waals surface area contributed by atoms with Crippen molar-refractivity contribution < 1.29 is 9.59 Å². The lowest BCUT2D eigenvalue weighted by Crippen LogP contribution is -2.36. The van der Waals surface area contributed by atoms with Gasteiger partial charge < -0.3 is 16.0 Å². The number of hydrogen-bond donors (Lipinski definition) is 3. The third kappa shape index (κ3) is 5.69. The van der Waals surface area contributed by atoms with Crippen molar-refractivity contribution in [3.8, 4) is 0 Å². The normalized spacial score (nSPS) is 10.0. The minimum atomic E-state index is -0.335. The van der Waals surface area contributed by atoms with E-state index in [-0.39, 0.29) is 11.9 Å². The molecule has 3 amide bonds. The fraction of sp³-hybridized carbons (Fsp3) is 0.125. The van der Waals surface area contributed by atoms with Crippen LogP contribution in [-0.2, 0) is 0 Å². The van der Waals surface area contributed by atoms with E-state index >= 15 is 0 Å². The number of carbonyl (C=O) groups excluding carboxylic acids is 2. The highest BCUT2D eigenvalue weighted by Crippen LogP contribution is 2.25. The van der Waals surface area contributed by atoms with E-state index in [0.717, 1.165) is 8.95 Å². The molecule has 23 heavy (non-hydrogen) atoms. The number of halogens is 2. The van der Waals surface area contributed by atoms with E-state index in [0.29, 0.717) is 24.3 Å². The van der Waals surface area contributed by atoms with Crippen molar-refractivity contribution in [2.45, 2.75) is 0 Å². The van der Waals surface area contributed by atoms with E-state index in [1.807, 2.05) is 18.2 Å². The molecule has 0 spiro atoms. The molecule has 0 bridgehead atoms. The Hall–Kier alpha value is -1.86. The summed E-state index contributed by atoms with van der Waals surface area (Å²) in [6.45, 7) is 0.677. The van der Waals surface area contributed by atoms with Crippen LogP contribution in [0.2, 0.25) is 0 Å². The summed E-state index contributed by atoms with van der Waals surface area (Å²) in [5, 5.41) is 8.16. The van der Waals surface area contributed by atoms with E-state index in [9.17, 15) is 9.59 Å². The molecule has 0 radical (unpaired) electrons. The van der Waals surface area contributed by atoms with Crippen LogP contribution in [0.3, 0.4) is 0 Å². The van der Waals surface area contributed by atoms with Crippen molar-refractivity contribution in [2.75, 3.05) is 18.4 Å². The summed E-state index contributed by atoms with van der Waals surface area (Å²) in [6.07, 6.45) is 0. The molecule has 0 saturated heterocycles. The standard InChI is InChI=1S/C16H15Br2N3O2/c17-12-6-7-13(18)14(10-12)21-16(23)20-9-8-19-15(22)11-4-2-1-3-5-11/h1-7,10H,8-9H2,(H,19,22)(H2,20,21,23). The van der Waals surface area contributed by atoms with E-state index < -0.39 is 0 Å². The van der Waals surface area contributed by atoms with Gasteiger partial charge in [0.2, 0.25) is 0 Å². The van der Waals surface area contributed by atoms with Gasteiger partial charge in [-0.1, -0.05) is 34.1 Å². The minimum Gasteiger partial charge on any atom is -0.350 e. The molecule has 3 N–H and O–H groups in total. The number of nitrogens with one attached hydrogen (secondary N) is 3. The molecular formula is C16H15Br2N3O2. The fourth-order valence-corrected chi connectivity index (χ4v) is 2.51. The van der Waals surface area contributed by atoms with Gasteiger partial charge in [0.25, 0.3) is 5.91 Å². The summed E-state index contributed by atoms with van der Waals surface area (Å²) >= 11 is 6.71. The number of urea groups is 1. The van der Waals surface area contributed by atoms with Gasteiger partial charge in [-0.3, -0.25) is 4.79 Å². The van der Waals surface area contributed by atoms with Crippen LogP contribution < -0.4 is 16.0 Å². The van der Waals surface area contributed by atoms with Crippen molar-refractivity contribution in [3.63, 3.8) is 0 Å². The van der Waals surface area contributed by atoms with Gasteiger partial charge in [0.1, 0.15) is 0 Å². The van der Waals surface area contributed by atoms with Crippen molar-refractivity contribution >= 4 is 49.5 Å². The van der Waals surface area contributed by atoms with Crippen molar-refractivity contribution in [3.05, 3.63) is 63.0 Å². The molecular weight excluding hydrogens is 426 g/mol. The number of benzene rings is 2. The van der Waals surface area contributed by atoms with Gasteiger partial charge in [0.15, 0.2) is 0 Å². The number of hydrogen-bond acceptors (Lipinski definition) is 2. The zero-order valence-corrected chi connectivity index (χ0v) is 15.3. The predicted octanol–water partition coefficient (Wildman–Crippen LogP) is 3.76. The number of anilines is 1. The molecule has 0 aliphatic heterocycles. The second-order valence-corrected chi connectivity index (χ2v) is 6.40. The van der Waals surface area contributed by atoms with Crippen molar-refractivity contribution in [2.24, 2.45) is 0 Å². The quantitative estimate of drug-likeness (QED) is 0.619. The highest BCUT2D eigenvalue weighted by molar-refractivity contribution is 9.11. The van der Waals surface area contributed by atoms with Gasteiger partial charge in [0.05, 0.1) is 5.69 Å². The van der Waals surface area contributed by atoms with Gasteiger partial charge in [0, 0.05) is 27.6 Å². The van der Waals surface area contributed by atoms with Crippen LogP contribution in [0.15, 0.2) is 57.5 Å². The third-order valence-corrected chi connectivity index (χ3v) is 4.09. The van der Waals surface area contributed by atoms with Crippen LogP contribution in [-0.4, -0.2) is 25.0 Å². The first-order valence-electron chi connectivity index (χ1n) is 6.89. The van der Waals surface area contributed by atoms with Crippen LogP contribution in [0.1, 0.15) is 10.4 Å². The largest absolute Gasteiger partial charge is 0.350 e. The molecule has 0 aromatic heterocycles. The van der Waals surface area contributed by atoms with Crippen molar-refractivity contribution in [1.29, 1.82) is 0 Å². The Morgan fingerprint density at radius 2 is 1.61 bits per heavy atom. The molecule has 0 aliphatic rings. The molecule has 0 aliphatic carbocycles. The minimum absolute atomic E-state index is 0.164. The summed E-state index contributed by atoms with van der Waals surface area (Å²) in [7, 11) is 0. The van der Waals surface area contributed by atoms with Gasteiger partial charge in [-0.25, -0.2) is 4.79 Å². The summed E-state index contributed by atoms with van der Waals surface area (Å²) < 4.78 is 1.65. The summed E-state index contributed by atoms with van der Waals surface area (Å²) in [5.74, 6) is -0.164. The highest BCUT2D eigenvalue weighted by Gasteiger charge is 2.06. The molecule has 0 fully saturated rings. The van der Waals surface area contributed by atoms with Gasteiger partial charge >= 0.3 is 6.03 Å². The number of carbonyl (C=O) groups is 2. The van der Waals surface area contributed by atoms with E-state index in [1.54, 1.807) is 30.3 Å². The Labute approximate surface area is 151 Å². The lowest BCUT2D eigenvalue weighted by atomic mass is 10.2. The van der Waals surface area contributed by atoms with Crippen LogP contribution in [0.4, 0.5) is 10.5 Å². The Kier molecular flexibility index (Phi) is 6.61. The Morgan fingerprint density at radius 1 is 0.913 bits per heavy atom. The Morgan fingerprint density at radius 3 is 2.35 bits per heavy atom. The summed E-state index contributed by atoms with van der Waals surface area (Å²) in [4.78, 5) is 23.6. The molecule has 120 valence electrons. The van der Waals surface area contributed by atoms with E-state index in [4.69, 9.17) is 0 Å². The van der Waals surface area contributed by atoms with Crippen LogP contribution in [0.5, 0.6) is 0 Å².